The van der Waals surface area contributed by atoms with Crippen molar-refractivity contribution in [2.75, 3.05) is 24.7 Å². The van der Waals surface area contributed by atoms with E-state index in [1.165, 1.54) is 4.90 Å². The van der Waals surface area contributed by atoms with E-state index >= 15 is 0 Å². The summed E-state index contributed by atoms with van der Waals surface area (Å²) in [6, 6.07) is 12.5. The van der Waals surface area contributed by atoms with Gasteiger partial charge in [0.05, 0.1) is 36.6 Å². The monoisotopic (exact) mass is 613 g/mol. The number of fused-ring (bicyclic) bond motifs is 2. The third kappa shape index (κ3) is 5.25. The number of aryl methyl sites for hydroxylation is 2. The fourth-order valence-corrected chi connectivity index (χ4v) is 7.37. The molecule has 1 spiro atoms. The quantitative estimate of drug-likeness (QED) is 0.401. The molecule has 236 valence electrons. The number of cyclic esters (lactones) is 1. The van der Waals surface area contributed by atoms with Crippen LogP contribution < -0.4 is 10.2 Å². The van der Waals surface area contributed by atoms with Gasteiger partial charge in [0.15, 0.2) is 0 Å². The van der Waals surface area contributed by atoms with Crippen LogP contribution in [0.1, 0.15) is 42.5 Å². The molecule has 3 amide bonds. The maximum atomic E-state index is 14.7. The van der Waals surface area contributed by atoms with E-state index in [9.17, 15) is 24.3 Å². The largest absolute Gasteiger partial charge is 0.463 e. The van der Waals surface area contributed by atoms with E-state index < -0.39 is 53.5 Å². The molecule has 6 rings (SSSR count). The molecule has 0 aromatic heterocycles. The van der Waals surface area contributed by atoms with Gasteiger partial charge in [-0.2, -0.15) is 0 Å². The molecule has 0 radical (unpaired) electrons. The number of likely N-dealkylation sites (tertiary alicyclic amines) is 1. The van der Waals surface area contributed by atoms with E-state index in [0.29, 0.717) is 6.42 Å². The highest BCUT2D eigenvalue weighted by Crippen LogP contribution is 2.53. The predicted octanol–water partition coefficient (Wildman–Crippen LogP) is 2.92. The van der Waals surface area contributed by atoms with Gasteiger partial charge >= 0.3 is 5.97 Å². The number of esters is 1. The molecule has 7 atom stereocenters. The summed E-state index contributed by atoms with van der Waals surface area (Å²) in [5.74, 6) is -3.61. The van der Waals surface area contributed by atoms with Crippen molar-refractivity contribution in [1.29, 1.82) is 0 Å². The SMILES string of the molecule is Cc1cccc(C)c1N1CC=C[C@@]23O[C@H]4/C=C\CCC(=O)OC[C@H](c5ccccc5)NC(=O)[C@H]4[C@@H]2C(=O)N([C@H](C)CO)[C@H]3C1=O. The van der Waals surface area contributed by atoms with Crippen LogP contribution in [0.5, 0.6) is 0 Å². The van der Waals surface area contributed by atoms with Crippen molar-refractivity contribution < 1.29 is 33.8 Å². The molecule has 0 bridgehead atoms. The standard InChI is InChI=1S/C35H39N3O7/c1-21-11-9-12-22(2)30(21)37-18-10-17-35-29(33(42)38(23(3)19-39)31(35)34(37)43)28-26(45-35)15-7-8-16-27(40)44-20-25(36-32(28)41)24-13-5-4-6-14-24/h4-7,9-15,17,23,25-26,28-29,31,39H,8,16,18-20H2,1-3H3,(H,36,41)/b15-7-/t23-,25-,26+,28-,29-,31+,35-/m1/s1. The molecule has 0 saturated carbocycles. The lowest BCUT2D eigenvalue weighted by molar-refractivity contribution is -0.146. The van der Waals surface area contributed by atoms with Crippen molar-refractivity contribution in [3.63, 3.8) is 0 Å². The highest BCUT2D eigenvalue weighted by molar-refractivity contribution is 6.06. The average molecular weight is 614 g/mol. The van der Waals surface area contributed by atoms with Crippen LogP contribution in [0.4, 0.5) is 5.69 Å². The van der Waals surface area contributed by atoms with Gasteiger partial charge in [0, 0.05) is 18.7 Å². The lowest BCUT2D eigenvalue weighted by Crippen LogP contribution is -2.58. The molecule has 0 aliphatic carbocycles. The smallest absolute Gasteiger partial charge is 0.306 e. The third-order valence-corrected chi connectivity index (χ3v) is 9.45. The fraction of sp³-hybridized carbons (Fsp3) is 0.429. The minimum atomic E-state index is -1.46. The van der Waals surface area contributed by atoms with Gasteiger partial charge < -0.3 is 29.7 Å². The second-order valence-electron chi connectivity index (χ2n) is 12.3. The van der Waals surface area contributed by atoms with Crippen molar-refractivity contribution in [3.8, 4) is 0 Å². The molecule has 0 unspecified atom stereocenters. The molecule has 2 saturated heterocycles. The molecule has 2 fully saturated rings. The number of allylic oxidation sites excluding steroid dienone is 1. The summed E-state index contributed by atoms with van der Waals surface area (Å²) in [6.07, 6.45) is 6.77. The van der Waals surface area contributed by atoms with Crippen LogP contribution in [0.2, 0.25) is 0 Å². The Morgan fingerprint density at radius 1 is 1.00 bits per heavy atom. The highest BCUT2D eigenvalue weighted by Gasteiger charge is 2.72. The first kappa shape index (κ1) is 30.7. The number of carbonyl (C=O) groups is 4. The second-order valence-corrected chi connectivity index (χ2v) is 12.3. The molecule has 4 aliphatic rings. The first-order valence-corrected chi connectivity index (χ1v) is 15.5. The normalized spacial score (nSPS) is 31.5. The van der Waals surface area contributed by atoms with Crippen molar-refractivity contribution in [3.05, 3.63) is 89.5 Å². The summed E-state index contributed by atoms with van der Waals surface area (Å²) in [5, 5.41) is 13.3. The highest BCUT2D eigenvalue weighted by atomic mass is 16.5. The van der Waals surface area contributed by atoms with E-state index in [2.05, 4.69) is 5.32 Å². The van der Waals surface area contributed by atoms with E-state index in [-0.39, 0.29) is 38.1 Å². The number of para-hydroxylation sites is 1. The minimum absolute atomic E-state index is 0.0697. The Hall–Kier alpha value is -4.28. The number of anilines is 1. The number of hydrogen-bond donors (Lipinski definition) is 2. The van der Waals surface area contributed by atoms with Gasteiger partial charge in [-0.15, -0.1) is 0 Å². The summed E-state index contributed by atoms with van der Waals surface area (Å²) in [4.78, 5) is 59.1. The topological polar surface area (TPSA) is 125 Å². The summed E-state index contributed by atoms with van der Waals surface area (Å²) >= 11 is 0. The molecule has 2 aromatic rings. The van der Waals surface area contributed by atoms with E-state index in [0.717, 1.165) is 22.4 Å². The van der Waals surface area contributed by atoms with Gasteiger partial charge in [0.1, 0.15) is 18.2 Å². The van der Waals surface area contributed by atoms with Crippen molar-refractivity contribution in [2.45, 2.75) is 63.4 Å². The number of nitrogens with one attached hydrogen (secondary N) is 1. The number of ether oxygens (including phenoxy) is 2. The van der Waals surface area contributed by atoms with Crippen LogP contribution in [0, 0.1) is 25.7 Å². The lowest BCUT2D eigenvalue weighted by Gasteiger charge is -2.38. The lowest BCUT2D eigenvalue weighted by atomic mass is 9.77. The van der Waals surface area contributed by atoms with E-state index in [1.54, 1.807) is 30.1 Å². The zero-order valence-electron chi connectivity index (χ0n) is 25.7. The Morgan fingerprint density at radius 3 is 2.44 bits per heavy atom. The third-order valence-electron chi connectivity index (χ3n) is 9.45. The molecule has 4 aliphatic heterocycles. The van der Waals surface area contributed by atoms with Gasteiger partial charge in [0.25, 0.3) is 5.91 Å². The van der Waals surface area contributed by atoms with Gasteiger partial charge in [-0.1, -0.05) is 72.8 Å². The molecule has 4 heterocycles. The summed E-state index contributed by atoms with van der Waals surface area (Å²) in [5.41, 5.74) is 1.87. The maximum absolute atomic E-state index is 14.7. The fourth-order valence-electron chi connectivity index (χ4n) is 7.37. The molecule has 2 N–H and O–H groups in total. The number of aliphatic hydroxyl groups is 1. The van der Waals surface area contributed by atoms with Gasteiger partial charge in [-0.25, -0.2) is 0 Å². The number of rotatable bonds is 4. The number of hydrogen-bond acceptors (Lipinski definition) is 7. The van der Waals surface area contributed by atoms with Gasteiger partial charge in [-0.3, -0.25) is 19.2 Å². The predicted molar refractivity (Wildman–Crippen MR) is 166 cm³/mol. The Labute approximate surface area is 262 Å². The Balaban J connectivity index is 1.45. The maximum Gasteiger partial charge on any atom is 0.306 e. The van der Waals surface area contributed by atoms with Crippen LogP contribution >= 0.6 is 0 Å². The molecular weight excluding hydrogens is 574 g/mol. The zero-order valence-corrected chi connectivity index (χ0v) is 25.7. The second kappa shape index (κ2) is 12.3. The summed E-state index contributed by atoms with van der Waals surface area (Å²) in [6.45, 7) is 5.38. The van der Waals surface area contributed by atoms with E-state index in [4.69, 9.17) is 9.47 Å². The van der Waals surface area contributed by atoms with Gasteiger partial charge in [-0.05, 0) is 43.9 Å². The van der Waals surface area contributed by atoms with Gasteiger partial charge in [0.2, 0.25) is 11.8 Å². The first-order valence-electron chi connectivity index (χ1n) is 15.5. The molecule has 45 heavy (non-hydrogen) atoms. The molecule has 10 heteroatoms. The van der Waals surface area contributed by atoms with Crippen LogP contribution in [0.25, 0.3) is 0 Å². The molecule has 2 aromatic carbocycles. The number of benzene rings is 2. The van der Waals surface area contributed by atoms with Crippen LogP contribution in [-0.4, -0.2) is 77.2 Å². The van der Waals surface area contributed by atoms with Crippen LogP contribution in [0.3, 0.4) is 0 Å². The number of nitrogens with zero attached hydrogens (tertiary/aromatic N) is 2. The Kier molecular flexibility index (Phi) is 8.37. The van der Waals surface area contributed by atoms with E-state index in [1.807, 2.05) is 68.5 Å². The Bertz CT molecular complexity index is 1540. The van der Waals surface area contributed by atoms with Crippen molar-refractivity contribution in [2.24, 2.45) is 11.8 Å². The van der Waals surface area contributed by atoms with Crippen LogP contribution in [0.15, 0.2) is 72.8 Å². The number of amides is 3. The number of carbonyl (C=O) groups excluding carboxylic acids is 4. The Morgan fingerprint density at radius 2 is 1.73 bits per heavy atom. The van der Waals surface area contributed by atoms with Crippen LogP contribution in [-0.2, 0) is 28.7 Å². The average Bonchev–Trinajstić information content (AvgIpc) is 3.42. The minimum Gasteiger partial charge on any atom is -0.463 e. The summed E-state index contributed by atoms with van der Waals surface area (Å²) < 4.78 is 12.3. The van der Waals surface area contributed by atoms with Crippen molar-refractivity contribution >= 4 is 29.4 Å². The van der Waals surface area contributed by atoms with Crippen molar-refractivity contribution in [1.82, 2.24) is 10.2 Å². The summed E-state index contributed by atoms with van der Waals surface area (Å²) in [7, 11) is 0. The first-order chi connectivity index (χ1) is 21.7. The number of aliphatic hydroxyl groups excluding tert-OH is 1. The molecule has 10 nitrogen and oxygen atoms in total. The molecular formula is C35H39N3O7. The zero-order chi connectivity index (χ0) is 31.9.